The summed E-state index contributed by atoms with van der Waals surface area (Å²) in [7, 11) is 2.05. The Morgan fingerprint density at radius 3 is 2.67 bits per heavy atom. The maximum absolute atomic E-state index is 14.6. The first-order valence-electron chi connectivity index (χ1n) is 16.4. The molecule has 11 nitrogen and oxygen atoms in total. The van der Waals surface area contributed by atoms with Crippen LogP contribution >= 0.6 is 0 Å². The van der Waals surface area contributed by atoms with Crippen LogP contribution in [0.3, 0.4) is 0 Å². The summed E-state index contributed by atoms with van der Waals surface area (Å²) in [5.74, 6) is -4.52. The Morgan fingerprint density at radius 1 is 1.13 bits per heavy atom. The van der Waals surface area contributed by atoms with E-state index in [2.05, 4.69) is 39.6 Å². The highest BCUT2D eigenvalue weighted by Crippen LogP contribution is 2.49. The van der Waals surface area contributed by atoms with E-state index in [1.54, 1.807) is 13.8 Å². The lowest BCUT2D eigenvalue weighted by Crippen LogP contribution is -2.72. The standard InChI is InChI=1S/C35H41N5O6/c1-19(2)34(37-31(42)22-15-24-23-10-7-11-25-30(23)21(17-36-25)16-26(24)38(3)18-22)33(44)40-27(14-20-8-5-4-6-9-20)32(43)39-28(12-13-29(39)41)35(40,45)46-34/h4-11,17,19,22,24,26-29,36,41,45H,12-16,18H2,1-3H3,(H,37,42)/t22-,24-,26-,27+,28+,29?,34-,35+/m1/s1. The van der Waals surface area contributed by atoms with Gasteiger partial charge in [-0.25, -0.2) is 0 Å². The van der Waals surface area contributed by atoms with Crippen molar-refractivity contribution in [2.24, 2.45) is 11.8 Å². The molecule has 8 atom stereocenters. The molecule has 242 valence electrons. The number of piperazine rings is 1. The zero-order valence-corrected chi connectivity index (χ0v) is 26.3. The van der Waals surface area contributed by atoms with Gasteiger partial charge in [0, 0.05) is 47.9 Å². The first-order chi connectivity index (χ1) is 22.0. The lowest BCUT2D eigenvalue weighted by molar-refractivity contribution is -0.326. The van der Waals surface area contributed by atoms with Crippen molar-refractivity contribution in [1.82, 2.24) is 25.0 Å². The minimum absolute atomic E-state index is 0.123. The first kappa shape index (κ1) is 29.6. The molecule has 0 saturated carbocycles. The molecule has 3 amide bonds. The van der Waals surface area contributed by atoms with Crippen LogP contribution in [0.5, 0.6) is 0 Å². The number of aliphatic hydroxyl groups excluding tert-OH is 1. The van der Waals surface area contributed by atoms with Crippen LogP contribution in [0.1, 0.15) is 55.7 Å². The lowest BCUT2D eigenvalue weighted by Gasteiger charge is -2.49. The van der Waals surface area contributed by atoms with Crippen LogP contribution in [-0.2, 0) is 32.0 Å². The van der Waals surface area contributed by atoms with E-state index < -0.39 is 53.6 Å². The van der Waals surface area contributed by atoms with Crippen LogP contribution in [-0.4, -0.2) is 97.2 Å². The van der Waals surface area contributed by atoms with E-state index in [4.69, 9.17) is 4.74 Å². The van der Waals surface area contributed by atoms with Gasteiger partial charge >= 0.3 is 0 Å². The van der Waals surface area contributed by atoms with Crippen LogP contribution in [0, 0.1) is 11.8 Å². The number of rotatable bonds is 5. The topological polar surface area (TPSA) is 138 Å². The zero-order chi connectivity index (χ0) is 32.1. The van der Waals surface area contributed by atoms with E-state index in [1.165, 1.54) is 21.4 Å². The fourth-order valence-electron chi connectivity index (χ4n) is 9.01. The second kappa shape index (κ2) is 10.4. The van der Waals surface area contributed by atoms with Crippen molar-refractivity contribution in [3.8, 4) is 0 Å². The van der Waals surface area contributed by atoms with Crippen LogP contribution in [0.2, 0.25) is 0 Å². The Kier molecular flexibility index (Phi) is 6.68. The summed E-state index contributed by atoms with van der Waals surface area (Å²) < 4.78 is 6.45. The van der Waals surface area contributed by atoms with Crippen molar-refractivity contribution < 1.29 is 29.3 Å². The molecule has 5 heterocycles. The largest absolute Gasteiger partial charge is 0.374 e. The number of ether oxygens (including phenoxy) is 1. The first-order valence-corrected chi connectivity index (χ1v) is 16.4. The molecule has 0 spiro atoms. The highest BCUT2D eigenvalue weighted by molar-refractivity contribution is 5.98. The van der Waals surface area contributed by atoms with Gasteiger partial charge in [-0.1, -0.05) is 56.3 Å². The van der Waals surface area contributed by atoms with Gasteiger partial charge in [0.1, 0.15) is 18.3 Å². The predicted octanol–water partition coefficient (Wildman–Crippen LogP) is 2.04. The third-order valence-electron chi connectivity index (χ3n) is 11.3. The average molecular weight is 628 g/mol. The minimum Gasteiger partial charge on any atom is -0.374 e. The molecule has 5 aliphatic rings. The number of hydrogen-bond donors (Lipinski definition) is 4. The Morgan fingerprint density at radius 2 is 1.91 bits per heavy atom. The Balaban J connectivity index is 1.12. The van der Waals surface area contributed by atoms with Gasteiger partial charge in [0.05, 0.1) is 5.92 Å². The zero-order valence-electron chi connectivity index (χ0n) is 26.3. The molecule has 46 heavy (non-hydrogen) atoms. The highest BCUT2D eigenvalue weighted by atomic mass is 16.7. The maximum atomic E-state index is 14.6. The fourth-order valence-corrected chi connectivity index (χ4v) is 9.01. The molecule has 0 bridgehead atoms. The van der Waals surface area contributed by atoms with Crippen LogP contribution in [0.15, 0.2) is 54.7 Å². The SMILES string of the molecule is CC(C)[C@@]1(NC(=O)[C@@H]2C[C@@H]3c4cccc5[nH]cc(c45)C[C@H]3N(C)C2)O[C@@]2(O)[C@@H]3CCC(O)N3C(=O)[C@H](Cc3ccccc3)N2C1=O. The molecule has 1 aliphatic carbocycles. The third-order valence-corrected chi connectivity index (χ3v) is 11.3. The van der Waals surface area contributed by atoms with Gasteiger partial charge in [0.15, 0.2) is 0 Å². The molecule has 4 N–H and O–H groups in total. The monoisotopic (exact) mass is 627 g/mol. The van der Waals surface area contributed by atoms with Gasteiger partial charge in [-0.15, -0.1) is 0 Å². The van der Waals surface area contributed by atoms with Gasteiger partial charge in [0.2, 0.25) is 17.5 Å². The molecule has 1 unspecified atom stereocenters. The van der Waals surface area contributed by atoms with Gasteiger partial charge < -0.3 is 30.3 Å². The van der Waals surface area contributed by atoms with Crippen molar-refractivity contribution in [2.75, 3.05) is 13.6 Å². The van der Waals surface area contributed by atoms with Gasteiger partial charge in [-0.3, -0.25) is 24.0 Å². The molecule has 2 aromatic carbocycles. The smallest absolute Gasteiger partial charge is 0.281 e. The summed E-state index contributed by atoms with van der Waals surface area (Å²) in [6.07, 6.45) is 3.11. The van der Waals surface area contributed by atoms with Gasteiger partial charge in [-0.05, 0) is 55.5 Å². The van der Waals surface area contributed by atoms with E-state index in [0.717, 1.165) is 22.4 Å². The molecule has 3 aromatic rings. The summed E-state index contributed by atoms with van der Waals surface area (Å²) in [5.41, 5.74) is 2.51. The number of fused-ring (bicyclic) bond motifs is 5. The summed E-state index contributed by atoms with van der Waals surface area (Å²) in [5, 5.41) is 27.4. The van der Waals surface area contributed by atoms with E-state index in [9.17, 15) is 24.6 Å². The number of aromatic nitrogens is 1. The van der Waals surface area contributed by atoms with Crippen molar-refractivity contribution in [3.63, 3.8) is 0 Å². The highest BCUT2D eigenvalue weighted by Gasteiger charge is 2.72. The molecule has 1 aromatic heterocycles. The fraction of sp³-hybridized carbons (Fsp3) is 0.514. The van der Waals surface area contributed by atoms with E-state index in [1.807, 2.05) is 37.4 Å². The van der Waals surface area contributed by atoms with Crippen LogP contribution < -0.4 is 5.32 Å². The van der Waals surface area contributed by atoms with Crippen molar-refractivity contribution in [2.45, 2.75) is 87.9 Å². The number of aliphatic hydroxyl groups is 2. The number of carbonyl (C=O) groups is 3. The number of carbonyl (C=O) groups excluding carboxylic acids is 3. The van der Waals surface area contributed by atoms with Crippen molar-refractivity contribution >= 4 is 28.6 Å². The van der Waals surface area contributed by atoms with E-state index in [0.29, 0.717) is 13.0 Å². The average Bonchev–Trinajstić information content (AvgIpc) is 3.70. The number of likely N-dealkylation sites (N-methyl/N-ethyl adjacent to an activating group) is 1. The van der Waals surface area contributed by atoms with Crippen LogP contribution in [0.25, 0.3) is 10.9 Å². The number of nitrogens with zero attached hydrogens (tertiary/aromatic N) is 3. The van der Waals surface area contributed by atoms with Crippen LogP contribution in [0.4, 0.5) is 0 Å². The third kappa shape index (κ3) is 4.08. The van der Waals surface area contributed by atoms with Crippen molar-refractivity contribution in [1.29, 1.82) is 0 Å². The molecule has 4 aliphatic heterocycles. The second-order valence-electron chi connectivity index (χ2n) is 14.2. The summed E-state index contributed by atoms with van der Waals surface area (Å²) >= 11 is 0. The summed E-state index contributed by atoms with van der Waals surface area (Å²) in [6.45, 7) is 4.05. The number of hydrogen-bond acceptors (Lipinski definition) is 7. The number of amides is 3. The quantitative estimate of drug-likeness (QED) is 0.340. The predicted molar refractivity (Wildman–Crippen MR) is 168 cm³/mol. The molecule has 8 rings (SSSR count). The molecule has 4 saturated heterocycles. The maximum Gasteiger partial charge on any atom is 0.281 e. The van der Waals surface area contributed by atoms with Gasteiger partial charge in [-0.2, -0.15) is 0 Å². The lowest BCUT2D eigenvalue weighted by atomic mass is 9.72. The molecule has 11 heteroatoms. The molecule has 0 radical (unpaired) electrons. The van der Waals surface area contributed by atoms with Gasteiger partial charge in [0.25, 0.3) is 11.8 Å². The Hall–Kier alpha value is -3.77. The molecule has 4 fully saturated rings. The summed E-state index contributed by atoms with van der Waals surface area (Å²) in [6, 6.07) is 13.7. The van der Waals surface area contributed by atoms with E-state index >= 15 is 0 Å². The number of benzene rings is 2. The normalized spacial score (nSPS) is 35.4. The summed E-state index contributed by atoms with van der Waals surface area (Å²) in [4.78, 5) is 50.9. The Bertz CT molecular complexity index is 1730. The minimum atomic E-state index is -2.22. The van der Waals surface area contributed by atoms with Crippen molar-refractivity contribution in [3.05, 3.63) is 71.4 Å². The second-order valence-corrected chi connectivity index (χ2v) is 14.2. The molecular weight excluding hydrogens is 586 g/mol. The molecular formula is C35H41N5O6. The number of H-pyrrole nitrogens is 1. The number of aromatic amines is 1. The number of likely N-dealkylation sites (tertiary alicyclic amines) is 1. The number of piperidine rings is 1. The van der Waals surface area contributed by atoms with E-state index in [-0.39, 0.29) is 37.1 Å². The number of nitrogens with one attached hydrogen (secondary N) is 2. The Labute approximate surface area is 267 Å².